The maximum atomic E-state index is 12.4. The number of guanidine groups is 1. The second-order valence-electron chi connectivity index (χ2n) is 6.55. The number of thioether (sulfide) groups is 1. The fourth-order valence-corrected chi connectivity index (χ4v) is 4.35. The number of aliphatic imine (C=N–C) groups is 1. The van der Waals surface area contributed by atoms with Gasteiger partial charge >= 0.3 is 0 Å². The summed E-state index contributed by atoms with van der Waals surface area (Å²) in [6, 6.07) is 0. The number of carbonyl (C=O) groups excluding carboxylic acids is 2. The van der Waals surface area contributed by atoms with Crippen molar-refractivity contribution in [1.29, 1.82) is 5.41 Å². The van der Waals surface area contributed by atoms with Gasteiger partial charge in [0, 0.05) is 5.92 Å². The number of amidine groups is 1. The van der Waals surface area contributed by atoms with Crippen molar-refractivity contribution in [2.45, 2.75) is 49.9 Å². The van der Waals surface area contributed by atoms with Crippen LogP contribution in [0.2, 0.25) is 0 Å². The van der Waals surface area contributed by atoms with Crippen molar-refractivity contribution >= 4 is 34.7 Å². The van der Waals surface area contributed by atoms with Crippen LogP contribution in [0.3, 0.4) is 0 Å². The quantitative estimate of drug-likeness (QED) is 0.693. The Morgan fingerprint density at radius 2 is 2.22 bits per heavy atom. The predicted octanol–water partition coefficient (Wildman–Crippen LogP) is 0.509. The lowest BCUT2D eigenvalue weighted by molar-refractivity contribution is -0.118. The molecule has 0 spiro atoms. The van der Waals surface area contributed by atoms with Crippen molar-refractivity contribution in [1.82, 2.24) is 10.2 Å². The maximum absolute atomic E-state index is 12.4. The van der Waals surface area contributed by atoms with Crippen LogP contribution >= 0.6 is 11.8 Å². The summed E-state index contributed by atoms with van der Waals surface area (Å²) in [5, 5.41) is 19.2. The number of amides is 2. The van der Waals surface area contributed by atoms with Gasteiger partial charge in [0.25, 0.3) is 5.24 Å². The Bertz CT molecular complexity index is 620. The molecule has 9 heteroatoms. The van der Waals surface area contributed by atoms with Gasteiger partial charge in [0.05, 0.1) is 12.2 Å². The summed E-state index contributed by atoms with van der Waals surface area (Å²) in [4.78, 5) is 29.7. The van der Waals surface area contributed by atoms with Crippen LogP contribution in [0.15, 0.2) is 4.99 Å². The van der Waals surface area contributed by atoms with Crippen LogP contribution in [0.4, 0.5) is 4.79 Å². The Labute approximate surface area is 137 Å². The molecule has 0 aromatic heterocycles. The maximum Gasteiger partial charge on any atom is 0.290 e. The molecule has 3 aliphatic heterocycles. The summed E-state index contributed by atoms with van der Waals surface area (Å²) in [6.45, 7) is 1.96. The lowest BCUT2D eigenvalue weighted by Crippen LogP contribution is -2.51. The van der Waals surface area contributed by atoms with Crippen LogP contribution in [0, 0.1) is 17.2 Å². The number of ether oxygens (including phenoxy) is 1. The zero-order valence-electron chi connectivity index (χ0n) is 12.6. The topological polar surface area (TPSA) is 115 Å². The van der Waals surface area contributed by atoms with Crippen molar-refractivity contribution in [3.05, 3.63) is 0 Å². The molecule has 1 saturated carbocycles. The Balaban J connectivity index is 1.58. The van der Waals surface area contributed by atoms with Gasteiger partial charge in [-0.15, -0.1) is 0 Å². The van der Waals surface area contributed by atoms with Crippen LogP contribution in [-0.2, 0) is 9.53 Å². The van der Waals surface area contributed by atoms with Gasteiger partial charge in [-0.3, -0.25) is 25.2 Å². The van der Waals surface area contributed by atoms with Crippen LogP contribution in [0.5, 0.6) is 0 Å². The average Bonchev–Trinajstić information content (AvgIpc) is 3.19. The summed E-state index contributed by atoms with van der Waals surface area (Å²) < 4.78 is 5.97. The van der Waals surface area contributed by atoms with Gasteiger partial charge in [-0.2, -0.15) is 4.99 Å². The minimum Gasteiger partial charge on any atom is -0.390 e. The molecule has 2 amide bonds. The third kappa shape index (κ3) is 2.47. The Morgan fingerprint density at radius 1 is 1.48 bits per heavy atom. The van der Waals surface area contributed by atoms with E-state index < -0.39 is 23.5 Å². The molecule has 3 N–H and O–H groups in total. The molecule has 0 aromatic rings. The highest BCUT2D eigenvalue weighted by molar-refractivity contribution is 8.16. The lowest BCUT2D eigenvalue weighted by atomic mass is 10.00. The first-order chi connectivity index (χ1) is 11.0. The number of carbonyl (C=O) groups is 2. The highest BCUT2D eigenvalue weighted by Crippen LogP contribution is 2.42. The molecule has 0 aromatic carbocycles. The zero-order chi connectivity index (χ0) is 16.3. The van der Waals surface area contributed by atoms with Gasteiger partial charge in [-0.25, -0.2) is 0 Å². The number of nitrogens with one attached hydrogen (secondary N) is 2. The SMILES string of the molecule is C[C@@H]1C[C@@H]([C@@H](O)C2CC2)O[C@H]1N1C(=O)SC2C(=O)NC(=N)N=C21. The van der Waals surface area contributed by atoms with E-state index in [2.05, 4.69) is 10.3 Å². The third-order valence-electron chi connectivity index (χ3n) is 4.75. The average molecular weight is 338 g/mol. The summed E-state index contributed by atoms with van der Waals surface area (Å²) in [7, 11) is 0. The van der Waals surface area contributed by atoms with E-state index in [1.54, 1.807) is 0 Å². The highest BCUT2D eigenvalue weighted by atomic mass is 32.2. The molecule has 1 aliphatic carbocycles. The first-order valence-electron chi connectivity index (χ1n) is 7.77. The van der Waals surface area contributed by atoms with Gasteiger partial charge in [-0.05, 0) is 36.9 Å². The molecule has 3 fully saturated rings. The van der Waals surface area contributed by atoms with E-state index in [0.717, 1.165) is 24.6 Å². The van der Waals surface area contributed by atoms with E-state index in [-0.39, 0.29) is 29.1 Å². The molecular formula is C14H18N4O4S. The normalized spacial score (nSPS) is 38.4. The smallest absolute Gasteiger partial charge is 0.290 e. The van der Waals surface area contributed by atoms with Gasteiger partial charge in [0.2, 0.25) is 11.9 Å². The summed E-state index contributed by atoms with van der Waals surface area (Å²) in [5.41, 5.74) is 0. The van der Waals surface area contributed by atoms with Crippen molar-refractivity contribution in [2.24, 2.45) is 16.8 Å². The number of aliphatic hydroxyl groups excluding tert-OH is 1. The van der Waals surface area contributed by atoms with E-state index in [1.165, 1.54) is 4.90 Å². The number of rotatable bonds is 3. The van der Waals surface area contributed by atoms with Gasteiger partial charge in [0.1, 0.15) is 12.1 Å². The van der Waals surface area contributed by atoms with E-state index in [0.29, 0.717) is 12.3 Å². The molecule has 3 heterocycles. The third-order valence-corrected chi connectivity index (χ3v) is 5.81. The molecule has 4 aliphatic rings. The highest BCUT2D eigenvalue weighted by Gasteiger charge is 2.52. The fraction of sp³-hybridized carbons (Fsp3) is 0.714. The number of aliphatic hydroxyl groups is 1. The zero-order valence-corrected chi connectivity index (χ0v) is 13.4. The van der Waals surface area contributed by atoms with Crippen molar-refractivity contribution < 1.29 is 19.4 Å². The minimum atomic E-state index is -0.722. The van der Waals surface area contributed by atoms with Crippen LogP contribution in [0.1, 0.15) is 26.2 Å². The first kappa shape index (κ1) is 15.1. The van der Waals surface area contributed by atoms with Gasteiger partial charge < -0.3 is 9.84 Å². The number of nitrogens with zero attached hydrogens (tertiary/aromatic N) is 2. The second-order valence-corrected chi connectivity index (χ2v) is 7.60. The predicted molar refractivity (Wildman–Crippen MR) is 83.1 cm³/mol. The van der Waals surface area contributed by atoms with Crippen molar-refractivity contribution in [2.75, 3.05) is 0 Å². The van der Waals surface area contributed by atoms with Crippen molar-refractivity contribution in [3.63, 3.8) is 0 Å². The van der Waals surface area contributed by atoms with Crippen LogP contribution < -0.4 is 5.32 Å². The first-order valence-corrected chi connectivity index (χ1v) is 8.65. The van der Waals surface area contributed by atoms with Crippen molar-refractivity contribution in [3.8, 4) is 0 Å². The molecule has 0 bridgehead atoms. The molecule has 2 saturated heterocycles. The number of hydrogen-bond acceptors (Lipinski definition) is 6. The van der Waals surface area contributed by atoms with E-state index >= 15 is 0 Å². The molecular weight excluding hydrogens is 320 g/mol. The van der Waals surface area contributed by atoms with Crippen LogP contribution in [0.25, 0.3) is 0 Å². The van der Waals surface area contributed by atoms with E-state index in [9.17, 15) is 14.7 Å². The van der Waals surface area contributed by atoms with E-state index in [1.807, 2.05) is 6.92 Å². The molecule has 0 radical (unpaired) electrons. The summed E-state index contributed by atoms with van der Waals surface area (Å²) in [5.74, 6) is -0.0677. The lowest BCUT2D eigenvalue weighted by Gasteiger charge is -2.29. The molecule has 8 nitrogen and oxygen atoms in total. The van der Waals surface area contributed by atoms with Crippen LogP contribution in [-0.4, -0.2) is 56.6 Å². The molecule has 4 rings (SSSR count). The Kier molecular flexibility index (Phi) is 3.47. The standard InChI is InChI=1S/C14H18N4O4S/c1-5-4-7(8(19)6-2-3-6)22-12(5)18-10-9(23-14(18)21)11(20)17-13(15)16-10/h5-9,12,19H,2-4H2,1H3,(H2,15,17,20)/t5-,7+,8+,9?,12-/m1/s1. The Morgan fingerprint density at radius 3 is 2.91 bits per heavy atom. The largest absolute Gasteiger partial charge is 0.390 e. The fourth-order valence-electron chi connectivity index (χ4n) is 3.40. The molecule has 5 atom stereocenters. The second kappa shape index (κ2) is 5.29. The van der Waals surface area contributed by atoms with Gasteiger partial charge in [-0.1, -0.05) is 6.92 Å². The summed E-state index contributed by atoms with van der Waals surface area (Å²) in [6.07, 6.45) is 1.36. The molecule has 1 unspecified atom stereocenters. The monoisotopic (exact) mass is 338 g/mol. The molecule has 124 valence electrons. The molecule has 23 heavy (non-hydrogen) atoms. The summed E-state index contributed by atoms with van der Waals surface area (Å²) >= 11 is 0.890. The number of hydrogen-bond donors (Lipinski definition) is 3. The Hall–Kier alpha value is -1.45. The number of fused-ring (bicyclic) bond motifs is 1. The van der Waals surface area contributed by atoms with E-state index in [4.69, 9.17) is 10.1 Å². The van der Waals surface area contributed by atoms with Gasteiger partial charge in [0.15, 0.2) is 5.25 Å². The minimum absolute atomic E-state index is 0.0265.